The molecule has 0 aliphatic carbocycles. The van der Waals surface area contributed by atoms with Gasteiger partial charge < -0.3 is 5.02 Å². The number of hydrogen-bond acceptors (Lipinski definition) is 2. The van der Waals surface area contributed by atoms with Gasteiger partial charge in [0.1, 0.15) is 0 Å². The van der Waals surface area contributed by atoms with Gasteiger partial charge in [0.2, 0.25) is 0 Å². The minimum Gasteiger partial charge on any atom is -0.419 e. The van der Waals surface area contributed by atoms with Crippen LogP contribution in [0.2, 0.25) is 0 Å². The van der Waals surface area contributed by atoms with Crippen LogP contribution >= 0.6 is 0 Å². The summed E-state index contributed by atoms with van der Waals surface area (Å²) in [5.74, 6) is 0. The molecule has 0 aliphatic heterocycles. The van der Waals surface area contributed by atoms with Crippen molar-refractivity contribution in [2.75, 3.05) is 0 Å². The molecule has 2 aromatic rings. The lowest BCUT2D eigenvalue weighted by atomic mass is 9.89. The predicted molar refractivity (Wildman–Crippen MR) is 57.0 cm³/mol. The van der Waals surface area contributed by atoms with E-state index in [9.17, 15) is 4.32 Å². The molecule has 0 aliphatic rings. The molecule has 0 unspecified atom stereocenters. The summed E-state index contributed by atoms with van der Waals surface area (Å²) in [6.07, 6.45) is 1.46. The summed E-state index contributed by atoms with van der Waals surface area (Å²) >= 11 is 0. The quantitative estimate of drug-likeness (QED) is 0.736. The third-order valence-corrected chi connectivity index (χ3v) is 2.19. The first-order valence-electron chi connectivity index (χ1n) is 4.61. The number of halogens is 1. The highest BCUT2D eigenvalue weighted by atomic mass is 19.1. The molecule has 15 heavy (non-hydrogen) atoms. The van der Waals surface area contributed by atoms with Crippen LogP contribution in [0.3, 0.4) is 0 Å². The minimum absolute atomic E-state index is 0.138. The van der Waals surface area contributed by atoms with Crippen molar-refractivity contribution in [3.63, 3.8) is 0 Å². The van der Waals surface area contributed by atoms with Gasteiger partial charge in [0.05, 0.1) is 11.3 Å². The maximum Gasteiger partial charge on any atom is 0.551 e. The first-order chi connectivity index (χ1) is 7.18. The van der Waals surface area contributed by atoms with E-state index in [2.05, 4.69) is 5.10 Å². The first kappa shape index (κ1) is 9.92. The lowest BCUT2D eigenvalue weighted by Crippen LogP contribution is -2.32. The van der Waals surface area contributed by atoms with Gasteiger partial charge in [-0.1, -0.05) is 17.7 Å². The zero-order chi connectivity index (χ0) is 10.8. The third kappa shape index (κ3) is 1.92. The van der Waals surface area contributed by atoms with Gasteiger partial charge in [-0.25, -0.2) is 4.68 Å². The number of aryl methyl sites for hydroxylation is 1. The SMILES string of the molecule is Cc1ccc(-n2nccc2B(O)F)cc1. The average Bonchev–Trinajstić information content (AvgIpc) is 2.67. The van der Waals surface area contributed by atoms with E-state index in [1.54, 1.807) is 0 Å². The van der Waals surface area contributed by atoms with Crippen LogP contribution in [0.25, 0.3) is 5.69 Å². The van der Waals surface area contributed by atoms with Crippen LogP contribution < -0.4 is 5.59 Å². The molecule has 1 N–H and O–H groups in total. The van der Waals surface area contributed by atoms with Gasteiger partial charge >= 0.3 is 7.19 Å². The number of benzene rings is 1. The second kappa shape index (κ2) is 3.86. The van der Waals surface area contributed by atoms with Crippen LogP contribution in [0.1, 0.15) is 5.56 Å². The van der Waals surface area contributed by atoms with Gasteiger partial charge in [-0.15, -0.1) is 0 Å². The standard InChI is InChI=1S/C10H10BFN2O/c1-8-2-4-9(5-3-8)14-10(11(12)15)6-7-13-14/h2-7,15H,1H3. The van der Waals surface area contributed by atoms with E-state index in [0.29, 0.717) is 0 Å². The molecule has 0 fully saturated rings. The molecule has 0 bridgehead atoms. The Bertz CT molecular complexity index is 453. The van der Waals surface area contributed by atoms with E-state index in [4.69, 9.17) is 5.02 Å². The lowest BCUT2D eigenvalue weighted by Gasteiger charge is -2.05. The molecule has 2 rings (SSSR count). The fourth-order valence-electron chi connectivity index (χ4n) is 1.40. The van der Waals surface area contributed by atoms with E-state index in [1.807, 2.05) is 31.2 Å². The van der Waals surface area contributed by atoms with E-state index < -0.39 is 7.19 Å². The van der Waals surface area contributed by atoms with Crippen molar-refractivity contribution in [1.82, 2.24) is 9.78 Å². The molecule has 0 saturated carbocycles. The summed E-state index contributed by atoms with van der Waals surface area (Å²) < 4.78 is 14.2. The Labute approximate surface area is 87.3 Å². The van der Waals surface area contributed by atoms with E-state index >= 15 is 0 Å². The monoisotopic (exact) mass is 204 g/mol. The fraction of sp³-hybridized carbons (Fsp3) is 0.100. The fourth-order valence-corrected chi connectivity index (χ4v) is 1.40. The number of rotatable bonds is 2. The molecule has 0 spiro atoms. The number of nitrogens with zero attached hydrogens (tertiary/aromatic N) is 2. The van der Waals surface area contributed by atoms with Crippen LogP contribution in [-0.2, 0) is 0 Å². The van der Waals surface area contributed by atoms with E-state index in [0.717, 1.165) is 11.3 Å². The van der Waals surface area contributed by atoms with E-state index in [-0.39, 0.29) is 5.59 Å². The molecule has 1 heterocycles. The van der Waals surface area contributed by atoms with Gasteiger partial charge in [0.25, 0.3) is 0 Å². The third-order valence-electron chi connectivity index (χ3n) is 2.19. The Hall–Kier alpha value is -1.62. The summed E-state index contributed by atoms with van der Waals surface area (Å²) in [4.78, 5) is 0. The molecule has 5 heteroatoms. The largest absolute Gasteiger partial charge is 0.551 e. The van der Waals surface area contributed by atoms with Crippen LogP contribution in [-0.4, -0.2) is 22.0 Å². The molecule has 1 aromatic heterocycles. The van der Waals surface area contributed by atoms with Crippen molar-refractivity contribution >= 4 is 12.8 Å². The highest BCUT2D eigenvalue weighted by molar-refractivity contribution is 6.58. The smallest absolute Gasteiger partial charge is 0.419 e. The molecule has 0 saturated heterocycles. The van der Waals surface area contributed by atoms with Crippen molar-refractivity contribution in [2.45, 2.75) is 6.92 Å². The average molecular weight is 204 g/mol. The summed E-state index contributed by atoms with van der Waals surface area (Å²) in [7, 11) is -2.01. The Morgan fingerprint density at radius 3 is 2.53 bits per heavy atom. The second-order valence-electron chi connectivity index (χ2n) is 3.34. The zero-order valence-corrected chi connectivity index (χ0v) is 8.26. The maximum absolute atomic E-state index is 12.8. The summed E-state index contributed by atoms with van der Waals surface area (Å²) in [5, 5.41) is 12.8. The summed E-state index contributed by atoms with van der Waals surface area (Å²) in [5.41, 5.74) is 1.99. The Morgan fingerprint density at radius 2 is 1.93 bits per heavy atom. The maximum atomic E-state index is 12.8. The summed E-state index contributed by atoms with van der Waals surface area (Å²) in [6, 6.07) is 8.92. The molecule has 1 aromatic carbocycles. The van der Waals surface area contributed by atoms with E-state index in [1.165, 1.54) is 16.9 Å². The Kier molecular flexibility index (Phi) is 2.56. The Morgan fingerprint density at radius 1 is 1.27 bits per heavy atom. The van der Waals surface area contributed by atoms with Crippen molar-refractivity contribution in [2.24, 2.45) is 0 Å². The minimum atomic E-state index is -2.01. The second-order valence-corrected chi connectivity index (χ2v) is 3.34. The van der Waals surface area contributed by atoms with Gasteiger partial charge in [-0.2, -0.15) is 5.10 Å². The van der Waals surface area contributed by atoms with Gasteiger partial charge in [-0.05, 0) is 25.1 Å². The van der Waals surface area contributed by atoms with Crippen LogP contribution in [0.5, 0.6) is 0 Å². The predicted octanol–water partition coefficient (Wildman–Crippen LogP) is 0.838. The highest BCUT2D eigenvalue weighted by Crippen LogP contribution is 2.07. The molecular formula is C10H10BFN2O. The molecule has 0 radical (unpaired) electrons. The molecule has 0 atom stereocenters. The van der Waals surface area contributed by atoms with Gasteiger partial charge in [-0.3, -0.25) is 4.32 Å². The highest BCUT2D eigenvalue weighted by Gasteiger charge is 2.19. The van der Waals surface area contributed by atoms with Crippen LogP contribution in [0.15, 0.2) is 36.5 Å². The topological polar surface area (TPSA) is 38.0 Å². The van der Waals surface area contributed by atoms with Crippen LogP contribution in [0.4, 0.5) is 4.32 Å². The number of hydrogen-bond donors (Lipinski definition) is 1. The van der Waals surface area contributed by atoms with Gasteiger partial charge in [0.15, 0.2) is 0 Å². The zero-order valence-electron chi connectivity index (χ0n) is 8.26. The van der Waals surface area contributed by atoms with Crippen LogP contribution in [0, 0.1) is 6.92 Å². The lowest BCUT2D eigenvalue weighted by molar-refractivity contribution is 0.511. The molecule has 0 amide bonds. The normalized spacial score (nSPS) is 10.3. The van der Waals surface area contributed by atoms with Crippen molar-refractivity contribution in [3.8, 4) is 5.69 Å². The summed E-state index contributed by atoms with van der Waals surface area (Å²) in [6.45, 7) is 1.97. The first-order valence-corrected chi connectivity index (χ1v) is 4.61. The Balaban J connectivity index is 2.45. The molecule has 3 nitrogen and oxygen atoms in total. The van der Waals surface area contributed by atoms with Gasteiger partial charge in [0, 0.05) is 6.20 Å². The van der Waals surface area contributed by atoms with Crippen molar-refractivity contribution < 1.29 is 9.34 Å². The van der Waals surface area contributed by atoms with Crippen molar-refractivity contribution in [3.05, 3.63) is 42.1 Å². The van der Waals surface area contributed by atoms with Crippen molar-refractivity contribution in [1.29, 1.82) is 0 Å². The molecule has 76 valence electrons. The number of aromatic nitrogens is 2. The molecular weight excluding hydrogens is 194 g/mol.